The van der Waals surface area contributed by atoms with Gasteiger partial charge >= 0.3 is 0 Å². The second-order valence-electron chi connectivity index (χ2n) is 7.59. The van der Waals surface area contributed by atoms with E-state index < -0.39 is 0 Å². The number of nitrogens with zero attached hydrogens (tertiary/aromatic N) is 2. The molecule has 3 N–H and O–H groups in total. The van der Waals surface area contributed by atoms with Gasteiger partial charge < -0.3 is 10.5 Å². The number of nitriles is 1. The number of fused-ring (bicyclic) bond motifs is 1. The van der Waals surface area contributed by atoms with Crippen LogP contribution in [0.3, 0.4) is 0 Å². The summed E-state index contributed by atoms with van der Waals surface area (Å²) in [4.78, 5) is 1.04. The van der Waals surface area contributed by atoms with Crippen molar-refractivity contribution in [2.24, 2.45) is 5.73 Å². The molecular weight excluding hydrogens is 356 g/mol. The minimum atomic E-state index is -0.316. The zero-order valence-electron chi connectivity index (χ0n) is 15.4. The molecule has 136 valence electrons. The maximum absolute atomic E-state index is 9.77. The molecule has 3 aromatic rings. The highest BCUT2D eigenvalue weighted by molar-refractivity contribution is 7.13. The van der Waals surface area contributed by atoms with Gasteiger partial charge in [-0.3, -0.25) is 5.10 Å². The number of rotatable bonds is 2. The molecule has 1 aliphatic rings. The third-order valence-electron chi connectivity index (χ3n) is 4.82. The molecular formula is C21H20N4OS. The van der Waals surface area contributed by atoms with Gasteiger partial charge in [0.2, 0.25) is 11.8 Å². The number of aromatic amines is 1. The number of hydrogen-bond donors (Lipinski definition) is 2. The number of aromatic nitrogens is 2. The topological polar surface area (TPSA) is 87.7 Å². The van der Waals surface area contributed by atoms with Gasteiger partial charge in [-0.25, -0.2) is 0 Å². The molecule has 27 heavy (non-hydrogen) atoms. The van der Waals surface area contributed by atoms with Crippen LogP contribution >= 0.6 is 11.3 Å². The van der Waals surface area contributed by atoms with Crippen molar-refractivity contribution < 1.29 is 4.74 Å². The number of thiophene rings is 1. The molecule has 0 bridgehead atoms. The van der Waals surface area contributed by atoms with Gasteiger partial charge in [0, 0.05) is 0 Å². The molecule has 0 spiro atoms. The molecule has 5 nitrogen and oxygen atoms in total. The van der Waals surface area contributed by atoms with Crippen LogP contribution in [-0.4, -0.2) is 10.2 Å². The molecule has 2 aromatic heterocycles. The van der Waals surface area contributed by atoms with E-state index in [0.29, 0.717) is 11.5 Å². The van der Waals surface area contributed by atoms with Gasteiger partial charge in [-0.05, 0) is 28.0 Å². The van der Waals surface area contributed by atoms with E-state index in [1.165, 1.54) is 5.56 Å². The molecule has 0 aliphatic carbocycles. The van der Waals surface area contributed by atoms with E-state index in [1.807, 2.05) is 17.5 Å². The Bertz CT molecular complexity index is 1050. The Morgan fingerprint density at radius 3 is 2.56 bits per heavy atom. The van der Waals surface area contributed by atoms with Crippen LogP contribution in [0.4, 0.5) is 0 Å². The first-order valence-corrected chi connectivity index (χ1v) is 9.58. The van der Waals surface area contributed by atoms with Crippen molar-refractivity contribution in [2.45, 2.75) is 32.1 Å². The van der Waals surface area contributed by atoms with E-state index in [4.69, 9.17) is 10.5 Å². The minimum absolute atomic E-state index is 0.0596. The standard InChI is InChI=1S/C21H20N4OS/c1-21(2,3)13-8-6-12(7-9-13)16-14(11-22)19(23)26-20-17(16)18(24-25-20)15-5-4-10-27-15/h4-10,16H,23H2,1-3H3,(H,24,25)/t16-/m0/s1. The monoisotopic (exact) mass is 376 g/mol. The highest BCUT2D eigenvalue weighted by Gasteiger charge is 2.35. The van der Waals surface area contributed by atoms with E-state index in [1.54, 1.807) is 11.3 Å². The van der Waals surface area contributed by atoms with Gasteiger partial charge in [-0.2, -0.15) is 5.26 Å². The lowest BCUT2D eigenvalue weighted by molar-refractivity contribution is 0.379. The Balaban J connectivity index is 1.89. The summed E-state index contributed by atoms with van der Waals surface area (Å²) in [7, 11) is 0. The van der Waals surface area contributed by atoms with Crippen LogP contribution in [-0.2, 0) is 5.41 Å². The molecule has 1 aliphatic heterocycles. The smallest absolute Gasteiger partial charge is 0.244 e. The van der Waals surface area contributed by atoms with Crippen molar-refractivity contribution in [3.63, 3.8) is 0 Å². The number of ether oxygens (including phenoxy) is 1. The van der Waals surface area contributed by atoms with Gasteiger partial charge in [0.15, 0.2) is 0 Å². The predicted molar refractivity (Wildman–Crippen MR) is 106 cm³/mol. The molecule has 1 atom stereocenters. The van der Waals surface area contributed by atoms with Gasteiger partial charge in [-0.1, -0.05) is 51.1 Å². The summed E-state index contributed by atoms with van der Waals surface area (Å²) in [5.74, 6) is 0.225. The number of hydrogen-bond acceptors (Lipinski definition) is 5. The Morgan fingerprint density at radius 2 is 1.96 bits per heavy atom. The van der Waals surface area contributed by atoms with Crippen molar-refractivity contribution in [2.75, 3.05) is 0 Å². The Morgan fingerprint density at radius 1 is 1.22 bits per heavy atom. The summed E-state index contributed by atoms with van der Waals surface area (Å²) in [6, 6.07) is 14.6. The highest BCUT2D eigenvalue weighted by Crippen LogP contribution is 2.46. The largest absolute Gasteiger partial charge is 0.420 e. The fraction of sp³-hybridized carbons (Fsp3) is 0.238. The highest BCUT2D eigenvalue weighted by atomic mass is 32.1. The molecule has 1 aromatic carbocycles. The summed E-state index contributed by atoms with van der Waals surface area (Å²) in [6.07, 6.45) is 0. The summed E-state index contributed by atoms with van der Waals surface area (Å²) < 4.78 is 5.64. The second-order valence-corrected chi connectivity index (χ2v) is 8.54. The first-order valence-electron chi connectivity index (χ1n) is 8.70. The lowest BCUT2D eigenvalue weighted by Crippen LogP contribution is -2.21. The number of nitrogens with one attached hydrogen (secondary N) is 1. The average molecular weight is 376 g/mol. The zero-order valence-corrected chi connectivity index (χ0v) is 16.2. The van der Waals surface area contributed by atoms with Crippen LogP contribution in [0.2, 0.25) is 0 Å². The van der Waals surface area contributed by atoms with Gasteiger partial charge in [0.1, 0.15) is 11.6 Å². The molecule has 4 rings (SSSR count). The van der Waals surface area contributed by atoms with Crippen LogP contribution in [0.15, 0.2) is 53.2 Å². The average Bonchev–Trinajstić information content (AvgIpc) is 3.29. The van der Waals surface area contributed by atoms with E-state index >= 15 is 0 Å². The Kier molecular flexibility index (Phi) is 4.05. The lowest BCUT2D eigenvalue weighted by atomic mass is 9.81. The number of benzene rings is 1. The van der Waals surface area contributed by atoms with Crippen LogP contribution in [0.5, 0.6) is 5.88 Å². The molecule has 0 unspecified atom stereocenters. The van der Waals surface area contributed by atoms with Crippen molar-refractivity contribution >= 4 is 11.3 Å². The van der Waals surface area contributed by atoms with Crippen molar-refractivity contribution in [1.29, 1.82) is 5.26 Å². The second kappa shape index (κ2) is 6.29. The molecule has 3 heterocycles. The number of allylic oxidation sites excluding steroid dienone is 1. The van der Waals surface area contributed by atoms with Crippen molar-refractivity contribution in [1.82, 2.24) is 10.2 Å². The molecule has 0 saturated heterocycles. The number of H-pyrrole nitrogens is 1. The van der Waals surface area contributed by atoms with Gasteiger partial charge in [-0.15, -0.1) is 16.4 Å². The van der Waals surface area contributed by atoms with E-state index in [9.17, 15) is 5.26 Å². The van der Waals surface area contributed by atoms with E-state index in [0.717, 1.165) is 21.7 Å². The molecule has 0 radical (unpaired) electrons. The van der Waals surface area contributed by atoms with Crippen LogP contribution in [0.25, 0.3) is 10.6 Å². The Hall–Kier alpha value is -3.04. The zero-order chi connectivity index (χ0) is 19.2. The van der Waals surface area contributed by atoms with Crippen LogP contribution in [0, 0.1) is 11.3 Å². The molecule has 0 amide bonds. The summed E-state index contributed by atoms with van der Waals surface area (Å²) in [6.45, 7) is 6.54. The van der Waals surface area contributed by atoms with Gasteiger partial charge in [0.05, 0.1) is 22.1 Å². The molecule has 0 saturated carbocycles. The Labute approximate surface area is 162 Å². The number of nitrogens with two attached hydrogens (primary N) is 1. The predicted octanol–water partition coefficient (Wildman–Crippen LogP) is 4.65. The van der Waals surface area contributed by atoms with E-state index in [-0.39, 0.29) is 17.2 Å². The third kappa shape index (κ3) is 2.90. The normalized spacial score (nSPS) is 16.6. The fourth-order valence-corrected chi connectivity index (χ4v) is 4.10. The first-order chi connectivity index (χ1) is 12.9. The van der Waals surface area contributed by atoms with Crippen molar-refractivity contribution in [3.05, 3.63) is 69.9 Å². The maximum Gasteiger partial charge on any atom is 0.244 e. The minimum Gasteiger partial charge on any atom is -0.420 e. The maximum atomic E-state index is 9.77. The molecule has 6 heteroatoms. The summed E-state index contributed by atoms with van der Waals surface area (Å²) >= 11 is 1.61. The van der Waals surface area contributed by atoms with Gasteiger partial charge in [0.25, 0.3) is 0 Å². The lowest BCUT2D eigenvalue weighted by Gasteiger charge is -2.25. The quantitative estimate of drug-likeness (QED) is 0.681. The summed E-state index contributed by atoms with van der Waals surface area (Å²) in [5, 5.41) is 19.1. The first kappa shape index (κ1) is 17.4. The van der Waals surface area contributed by atoms with E-state index in [2.05, 4.69) is 61.3 Å². The van der Waals surface area contributed by atoms with Crippen molar-refractivity contribution in [3.8, 4) is 22.5 Å². The summed E-state index contributed by atoms with van der Waals surface area (Å²) in [5.41, 5.74) is 10.5. The van der Waals surface area contributed by atoms with Crippen LogP contribution in [0.1, 0.15) is 43.4 Å². The third-order valence-corrected chi connectivity index (χ3v) is 5.70. The fourth-order valence-electron chi connectivity index (χ4n) is 3.36. The molecule has 0 fully saturated rings. The SMILES string of the molecule is CC(C)(C)c1ccc([C@H]2C(C#N)=C(N)Oc3n[nH]c(-c4cccs4)c32)cc1. The van der Waals surface area contributed by atoms with Crippen LogP contribution < -0.4 is 10.5 Å².